The summed E-state index contributed by atoms with van der Waals surface area (Å²) in [6, 6.07) is 20.1. The number of rotatable bonds is 3. The molecule has 27 heavy (non-hydrogen) atoms. The molecule has 3 aromatic rings. The molecule has 0 fully saturated rings. The number of carbonyl (C=O) groups is 1. The number of hydrogen-bond donors (Lipinski definition) is 3. The zero-order valence-electron chi connectivity index (χ0n) is 14.9. The Morgan fingerprint density at radius 2 is 1.70 bits per heavy atom. The first-order valence-corrected chi connectivity index (χ1v) is 8.77. The van der Waals surface area contributed by atoms with E-state index in [9.17, 15) is 15.0 Å². The maximum atomic E-state index is 13.2. The van der Waals surface area contributed by atoms with Crippen molar-refractivity contribution in [2.75, 3.05) is 5.32 Å². The predicted octanol–water partition coefficient (Wildman–Crippen LogP) is 4.17. The number of carbonyl (C=O) groups excluding carboxylic acids is 1. The topological polar surface area (TPSA) is 72.8 Å². The molecule has 0 radical (unpaired) electrons. The Morgan fingerprint density at radius 1 is 0.963 bits per heavy atom. The molecule has 0 saturated carbocycles. The highest BCUT2D eigenvalue weighted by Gasteiger charge is 2.34. The molecule has 136 valence electrons. The van der Waals surface area contributed by atoms with Crippen molar-refractivity contribution in [1.29, 1.82) is 0 Å². The van der Waals surface area contributed by atoms with Crippen LogP contribution < -0.4 is 5.32 Å². The minimum Gasteiger partial charge on any atom is -0.504 e. The molecule has 1 aliphatic rings. The van der Waals surface area contributed by atoms with Gasteiger partial charge in [0.1, 0.15) is 6.17 Å². The molecule has 1 amide bonds. The fourth-order valence-corrected chi connectivity index (χ4v) is 3.36. The van der Waals surface area contributed by atoms with Crippen molar-refractivity contribution in [3.63, 3.8) is 0 Å². The van der Waals surface area contributed by atoms with Crippen LogP contribution in [0, 0.1) is 6.92 Å². The smallest absolute Gasteiger partial charge is 0.258 e. The van der Waals surface area contributed by atoms with Gasteiger partial charge in [0, 0.05) is 17.8 Å². The number of nitrogens with zero attached hydrogens (tertiary/aromatic N) is 1. The molecule has 1 aliphatic heterocycles. The van der Waals surface area contributed by atoms with E-state index in [1.54, 1.807) is 23.1 Å². The first-order chi connectivity index (χ1) is 13.0. The zero-order valence-corrected chi connectivity index (χ0v) is 14.9. The number of aryl methyl sites for hydroxylation is 1. The van der Waals surface area contributed by atoms with Gasteiger partial charge in [-0.15, -0.1) is 0 Å². The Labute approximate surface area is 157 Å². The summed E-state index contributed by atoms with van der Waals surface area (Å²) in [5, 5.41) is 23.6. The van der Waals surface area contributed by atoms with Crippen molar-refractivity contribution in [3.05, 3.63) is 89.0 Å². The van der Waals surface area contributed by atoms with E-state index in [-0.39, 0.29) is 17.4 Å². The monoisotopic (exact) mass is 360 g/mol. The fourth-order valence-electron chi connectivity index (χ4n) is 3.36. The maximum Gasteiger partial charge on any atom is 0.258 e. The Kier molecular flexibility index (Phi) is 4.20. The maximum absolute atomic E-state index is 13.2. The van der Waals surface area contributed by atoms with Gasteiger partial charge >= 0.3 is 0 Å². The highest BCUT2D eigenvalue weighted by Crippen LogP contribution is 2.40. The lowest BCUT2D eigenvalue weighted by molar-refractivity contribution is 0.0664. The molecule has 0 spiro atoms. The summed E-state index contributed by atoms with van der Waals surface area (Å²) < 4.78 is 0. The van der Waals surface area contributed by atoms with Crippen molar-refractivity contribution in [3.8, 4) is 11.5 Å². The third-order valence-corrected chi connectivity index (χ3v) is 4.84. The third-order valence-electron chi connectivity index (χ3n) is 4.84. The average Bonchev–Trinajstić information content (AvgIpc) is 2.68. The van der Waals surface area contributed by atoms with Gasteiger partial charge in [0.15, 0.2) is 11.5 Å². The number of anilines is 1. The quantitative estimate of drug-likeness (QED) is 0.613. The molecular weight excluding hydrogens is 340 g/mol. The highest BCUT2D eigenvalue weighted by molar-refractivity contribution is 6.01. The summed E-state index contributed by atoms with van der Waals surface area (Å²) in [4.78, 5) is 14.9. The van der Waals surface area contributed by atoms with Crippen LogP contribution in [-0.2, 0) is 6.54 Å². The molecule has 0 aliphatic carbocycles. The van der Waals surface area contributed by atoms with Gasteiger partial charge in [0.2, 0.25) is 0 Å². The van der Waals surface area contributed by atoms with Crippen LogP contribution in [0.5, 0.6) is 11.5 Å². The second kappa shape index (κ2) is 6.68. The number of aromatic hydroxyl groups is 2. The molecule has 1 heterocycles. The van der Waals surface area contributed by atoms with Crippen molar-refractivity contribution in [2.24, 2.45) is 0 Å². The summed E-state index contributed by atoms with van der Waals surface area (Å²) >= 11 is 0. The number of hydrogen-bond acceptors (Lipinski definition) is 4. The molecule has 0 aromatic heterocycles. The van der Waals surface area contributed by atoms with Crippen LogP contribution in [0.1, 0.15) is 33.2 Å². The molecule has 1 atom stereocenters. The molecule has 0 unspecified atom stereocenters. The summed E-state index contributed by atoms with van der Waals surface area (Å²) in [7, 11) is 0. The molecular formula is C22H20N2O3. The molecule has 0 bridgehead atoms. The largest absolute Gasteiger partial charge is 0.504 e. The van der Waals surface area contributed by atoms with Crippen LogP contribution in [0.3, 0.4) is 0 Å². The van der Waals surface area contributed by atoms with Gasteiger partial charge in [-0.2, -0.15) is 0 Å². The molecule has 5 nitrogen and oxygen atoms in total. The standard InChI is InChI=1S/C22H20N2O3/c1-14-9-11-15(12-10-14)13-24-21(17-6-4-8-19(25)20(17)26)23-18-7-3-2-5-16(18)22(24)27/h2-12,21,23,25-26H,13H2,1H3/t21-/m1/s1. The van der Waals surface area contributed by atoms with E-state index in [2.05, 4.69) is 5.32 Å². The molecule has 3 N–H and O–H groups in total. The van der Waals surface area contributed by atoms with Gasteiger partial charge < -0.3 is 20.4 Å². The molecule has 5 heteroatoms. The third kappa shape index (κ3) is 3.08. The Morgan fingerprint density at radius 3 is 2.48 bits per heavy atom. The van der Waals surface area contributed by atoms with Crippen LogP contribution in [-0.4, -0.2) is 21.0 Å². The SMILES string of the molecule is Cc1ccc(CN2C(=O)c3ccccc3N[C@H]2c2cccc(O)c2O)cc1. The van der Waals surface area contributed by atoms with Crippen LogP contribution in [0.2, 0.25) is 0 Å². The van der Waals surface area contributed by atoms with Crippen molar-refractivity contribution < 1.29 is 15.0 Å². The van der Waals surface area contributed by atoms with Crippen molar-refractivity contribution in [1.82, 2.24) is 4.90 Å². The summed E-state index contributed by atoms with van der Waals surface area (Å²) in [6.45, 7) is 2.39. The molecule has 3 aromatic carbocycles. The van der Waals surface area contributed by atoms with E-state index in [1.165, 1.54) is 6.07 Å². The Hall–Kier alpha value is -3.47. The Balaban J connectivity index is 1.79. The highest BCUT2D eigenvalue weighted by atomic mass is 16.3. The van der Waals surface area contributed by atoms with E-state index < -0.39 is 6.17 Å². The lowest BCUT2D eigenvalue weighted by atomic mass is 10.0. The number of amides is 1. The molecule has 4 rings (SSSR count). The normalized spacial score (nSPS) is 16.0. The summed E-state index contributed by atoms with van der Waals surface area (Å²) in [6.07, 6.45) is -0.596. The van der Waals surface area contributed by atoms with E-state index in [0.717, 1.165) is 11.1 Å². The zero-order chi connectivity index (χ0) is 19.0. The second-order valence-electron chi connectivity index (χ2n) is 6.73. The Bertz CT molecular complexity index is 999. The number of phenolic OH excluding ortho intramolecular Hbond substituents is 2. The van der Waals surface area contributed by atoms with E-state index in [0.29, 0.717) is 23.4 Å². The number of para-hydroxylation sites is 2. The lowest BCUT2D eigenvalue weighted by Gasteiger charge is -2.38. The number of benzene rings is 3. The average molecular weight is 360 g/mol. The minimum absolute atomic E-state index is 0.127. The summed E-state index contributed by atoms with van der Waals surface area (Å²) in [5.74, 6) is -0.565. The number of nitrogens with one attached hydrogen (secondary N) is 1. The molecule has 0 saturated heterocycles. The second-order valence-corrected chi connectivity index (χ2v) is 6.73. The van der Waals surface area contributed by atoms with Crippen LogP contribution >= 0.6 is 0 Å². The van der Waals surface area contributed by atoms with E-state index >= 15 is 0 Å². The first-order valence-electron chi connectivity index (χ1n) is 8.77. The van der Waals surface area contributed by atoms with Gasteiger partial charge in [-0.25, -0.2) is 0 Å². The fraction of sp³-hybridized carbons (Fsp3) is 0.136. The van der Waals surface area contributed by atoms with Gasteiger partial charge in [-0.3, -0.25) is 4.79 Å². The van der Waals surface area contributed by atoms with Gasteiger partial charge in [-0.1, -0.05) is 54.1 Å². The predicted molar refractivity (Wildman–Crippen MR) is 104 cm³/mol. The van der Waals surface area contributed by atoms with Gasteiger partial charge in [0.05, 0.1) is 5.56 Å². The minimum atomic E-state index is -0.596. The number of phenols is 2. The van der Waals surface area contributed by atoms with Crippen molar-refractivity contribution >= 4 is 11.6 Å². The van der Waals surface area contributed by atoms with E-state index in [1.807, 2.05) is 49.4 Å². The van der Waals surface area contributed by atoms with Crippen molar-refractivity contribution in [2.45, 2.75) is 19.6 Å². The van der Waals surface area contributed by atoms with Gasteiger partial charge in [-0.05, 0) is 30.7 Å². The first kappa shape index (κ1) is 17.0. The van der Waals surface area contributed by atoms with E-state index in [4.69, 9.17) is 0 Å². The lowest BCUT2D eigenvalue weighted by Crippen LogP contribution is -2.42. The summed E-state index contributed by atoms with van der Waals surface area (Å²) in [5.41, 5.74) is 3.87. The van der Waals surface area contributed by atoms with Crippen LogP contribution in [0.25, 0.3) is 0 Å². The van der Waals surface area contributed by atoms with Gasteiger partial charge in [0.25, 0.3) is 5.91 Å². The van der Waals surface area contributed by atoms with Crippen LogP contribution in [0.4, 0.5) is 5.69 Å². The van der Waals surface area contributed by atoms with Crippen LogP contribution in [0.15, 0.2) is 66.7 Å². The number of fused-ring (bicyclic) bond motifs is 1.